The molecular formula is C19H31N3OS. The van der Waals surface area contributed by atoms with Crippen molar-refractivity contribution in [1.82, 2.24) is 4.90 Å². The number of hydrogen-bond acceptors (Lipinski definition) is 3. The lowest BCUT2D eigenvalue weighted by Gasteiger charge is -2.36. The number of amides is 1. The number of fused-ring (bicyclic) bond motifs is 1. The van der Waals surface area contributed by atoms with Gasteiger partial charge in [-0.25, -0.2) is 0 Å². The zero-order valence-electron chi connectivity index (χ0n) is 15.7. The number of carbonyl (C=O) groups excluding carboxylic acids is 1. The number of nitrogens with one attached hydrogen (secondary N) is 1. The minimum atomic E-state index is 0.174. The van der Waals surface area contributed by atoms with E-state index in [-0.39, 0.29) is 5.91 Å². The minimum absolute atomic E-state index is 0.174. The van der Waals surface area contributed by atoms with E-state index in [0.717, 1.165) is 49.7 Å². The van der Waals surface area contributed by atoms with E-state index in [2.05, 4.69) is 28.4 Å². The third-order valence-corrected chi connectivity index (χ3v) is 4.38. The predicted molar refractivity (Wildman–Crippen MR) is 108 cm³/mol. The fourth-order valence-electron chi connectivity index (χ4n) is 2.85. The van der Waals surface area contributed by atoms with Crippen molar-refractivity contribution in [2.45, 2.75) is 47.5 Å². The molecule has 0 unspecified atom stereocenters. The van der Waals surface area contributed by atoms with Crippen molar-refractivity contribution >= 4 is 34.5 Å². The van der Waals surface area contributed by atoms with E-state index in [1.807, 2.05) is 32.6 Å². The van der Waals surface area contributed by atoms with E-state index in [1.54, 1.807) is 6.92 Å². The van der Waals surface area contributed by atoms with Crippen molar-refractivity contribution in [1.29, 1.82) is 0 Å². The zero-order valence-corrected chi connectivity index (χ0v) is 16.5. The molecule has 2 aliphatic rings. The van der Waals surface area contributed by atoms with Gasteiger partial charge in [0.25, 0.3) is 0 Å². The van der Waals surface area contributed by atoms with Crippen molar-refractivity contribution < 1.29 is 4.79 Å². The molecule has 5 heteroatoms. The summed E-state index contributed by atoms with van der Waals surface area (Å²) in [5.41, 5.74) is 3.74. The van der Waals surface area contributed by atoms with Crippen LogP contribution in [0.15, 0.2) is 18.2 Å². The van der Waals surface area contributed by atoms with Crippen molar-refractivity contribution in [3.05, 3.63) is 23.8 Å². The van der Waals surface area contributed by atoms with Gasteiger partial charge in [0.1, 0.15) is 0 Å². The number of nitrogens with zero attached hydrogens (tertiary/aromatic N) is 2. The summed E-state index contributed by atoms with van der Waals surface area (Å²) in [6.45, 7) is 13.1. The molecule has 1 aromatic rings. The normalized spacial score (nSPS) is 16.0. The lowest BCUT2D eigenvalue weighted by molar-refractivity contribution is -0.129. The zero-order chi connectivity index (χ0) is 18.1. The number of benzene rings is 1. The Hall–Kier alpha value is -1.62. The Kier molecular flexibility index (Phi) is 8.76. The van der Waals surface area contributed by atoms with Crippen molar-refractivity contribution in [3.63, 3.8) is 0 Å². The van der Waals surface area contributed by atoms with E-state index in [1.165, 1.54) is 11.3 Å². The molecule has 0 saturated carbocycles. The number of piperazine rings is 1. The monoisotopic (exact) mass is 349 g/mol. The van der Waals surface area contributed by atoms with E-state index in [9.17, 15) is 4.79 Å². The molecule has 1 N–H and O–H groups in total. The van der Waals surface area contributed by atoms with Crippen LogP contribution in [-0.4, -0.2) is 42.0 Å². The van der Waals surface area contributed by atoms with Gasteiger partial charge in [0, 0.05) is 50.9 Å². The molecule has 2 heterocycles. The largest absolute Gasteiger partial charge is 0.368 e. The molecule has 2 aliphatic heterocycles. The van der Waals surface area contributed by atoms with Gasteiger partial charge < -0.3 is 15.1 Å². The van der Waals surface area contributed by atoms with Crippen LogP contribution in [0.1, 0.15) is 46.6 Å². The molecule has 1 aromatic carbocycles. The fourth-order valence-corrected chi connectivity index (χ4v) is 3.06. The Labute approximate surface area is 152 Å². The van der Waals surface area contributed by atoms with E-state index >= 15 is 0 Å². The Morgan fingerprint density at radius 3 is 2.25 bits per heavy atom. The topological polar surface area (TPSA) is 35.6 Å². The van der Waals surface area contributed by atoms with Gasteiger partial charge in [0.15, 0.2) is 0 Å². The molecule has 1 fully saturated rings. The highest BCUT2D eigenvalue weighted by Crippen LogP contribution is 2.28. The number of carbonyl (C=O) groups is 1. The van der Waals surface area contributed by atoms with E-state index in [0.29, 0.717) is 0 Å². The number of aryl methyl sites for hydroxylation is 1. The Morgan fingerprint density at radius 2 is 1.67 bits per heavy atom. The predicted octanol–water partition coefficient (Wildman–Crippen LogP) is 4.09. The van der Waals surface area contributed by atoms with Gasteiger partial charge >= 0.3 is 0 Å². The first kappa shape index (κ1) is 20.4. The van der Waals surface area contributed by atoms with Crippen molar-refractivity contribution in [2.75, 3.05) is 36.4 Å². The second-order valence-corrected chi connectivity index (χ2v) is 5.88. The Bertz CT molecular complexity index is 552. The number of rotatable bonds is 1. The number of anilines is 2. The standard InChI is InChI=1S/C15H19N3OS.2C2H6/c1-11(19)17-6-8-18(9-7-17)13-3-4-14-12(10-13)2-5-15(20)16-14;2*1-2/h3-4,10H,2,5-9H2,1H3,(H,16,20);2*1-2H3. The molecule has 0 atom stereocenters. The summed E-state index contributed by atoms with van der Waals surface area (Å²) < 4.78 is 0. The third kappa shape index (κ3) is 5.20. The molecule has 4 nitrogen and oxygen atoms in total. The van der Waals surface area contributed by atoms with Crippen LogP contribution in [-0.2, 0) is 11.2 Å². The molecule has 134 valence electrons. The summed E-state index contributed by atoms with van der Waals surface area (Å²) in [4.78, 5) is 16.5. The molecule has 0 aromatic heterocycles. The highest BCUT2D eigenvalue weighted by molar-refractivity contribution is 7.80. The second-order valence-electron chi connectivity index (χ2n) is 5.38. The minimum Gasteiger partial charge on any atom is -0.368 e. The van der Waals surface area contributed by atoms with Gasteiger partial charge in [0.2, 0.25) is 5.91 Å². The molecule has 0 spiro atoms. The van der Waals surface area contributed by atoms with Crippen LogP contribution >= 0.6 is 12.2 Å². The second kappa shape index (κ2) is 10.3. The molecule has 24 heavy (non-hydrogen) atoms. The number of thiocarbonyl (C=S) groups is 1. The molecule has 1 amide bonds. The first-order valence-corrected chi connectivity index (χ1v) is 9.47. The van der Waals surface area contributed by atoms with Crippen LogP contribution < -0.4 is 10.2 Å². The van der Waals surface area contributed by atoms with Crippen LogP contribution in [0.25, 0.3) is 0 Å². The average molecular weight is 350 g/mol. The lowest BCUT2D eigenvalue weighted by Crippen LogP contribution is -2.48. The van der Waals surface area contributed by atoms with Crippen molar-refractivity contribution in [3.8, 4) is 0 Å². The highest BCUT2D eigenvalue weighted by atomic mass is 32.1. The maximum absolute atomic E-state index is 11.4. The Balaban J connectivity index is 0.000000671. The number of hydrogen-bond donors (Lipinski definition) is 1. The van der Waals surface area contributed by atoms with E-state index in [4.69, 9.17) is 12.2 Å². The summed E-state index contributed by atoms with van der Waals surface area (Å²) in [5, 5.41) is 3.27. The third-order valence-electron chi connectivity index (χ3n) is 4.07. The Morgan fingerprint density at radius 1 is 1.04 bits per heavy atom. The van der Waals surface area contributed by atoms with Crippen LogP contribution in [0.5, 0.6) is 0 Å². The van der Waals surface area contributed by atoms with Crippen molar-refractivity contribution in [2.24, 2.45) is 0 Å². The first-order valence-electron chi connectivity index (χ1n) is 9.07. The van der Waals surface area contributed by atoms with Gasteiger partial charge in [-0.2, -0.15) is 0 Å². The molecule has 0 radical (unpaired) electrons. The van der Waals surface area contributed by atoms with Gasteiger partial charge in [-0.3, -0.25) is 4.79 Å². The van der Waals surface area contributed by atoms with Gasteiger partial charge in [0.05, 0.1) is 4.99 Å². The first-order chi connectivity index (χ1) is 11.6. The summed E-state index contributed by atoms with van der Waals surface area (Å²) in [6, 6.07) is 6.52. The van der Waals surface area contributed by atoms with Crippen LogP contribution in [0.2, 0.25) is 0 Å². The van der Waals surface area contributed by atoms with Crippen LogP contribution in [0, 0.1) is 0 Å². The van der Waals surface area contributed by atoms with Gasteiger partial charge in [-0.05, 0) is 30.2 Å². The fraction of sp³-hybridized carbons (Fsp3) is 0.579. The van der Waals surface area contributed by atoms with Crippen LogP contribution in [0.4, 0.5) is 11.4 Å². The summed E-state index contributed by atoms with van der Waals surface area (Å²) in [7, 11) is 0. The smallest absolute Gasteiger partial charge is 0.219 e. The molecule has 3 rings (SSSR count). The van der Waals surface area contributed by atoms with Gasteiger partial charge in [-0.15, -0.1) is 0 Å². The molecule has 0 bridgehead atoms. The average Bonchev–Trinajstić information content (AvgIpc) is 2.64. The quantitative estimate of drug-likeness (QED) is 0.775. The molecule has 0 aliphatic carbocycles. The summed E-state index contributed by atoms with van der Waals surface area (Å²) in [6.07, 6.45) is 1.95. The molecular weight excluding hydrogens is 318 g/mol. The summed E-state index contributed by atoms with van der Waals surface area (Å²) >= 11 is 5.22. The van der Waals surface area contributed by atoms with Gasteiger partial charge in [-0.1, -0.05) is 39.9 Å². The lowest BCUT2D eigenvalue weighted by atomic mass is 10.0. The maximum Gasteiger partial charge on any atom is 0.219 e. The highest BCUT2D eigenvalue weighted by Gasteiger charge is 2.20. The van der Waals surface area contributed by atoms with Crippen LogP contribution in [0.3, 0.4) is 0 Å². The van der Waals surface area contributed by atoms with E-state index < -0.39 is 0 Å². The maximum atomic E-state index is 11.4. The molecule has 1 saturated heterocycles. The summed E-state index contributed by atoms with van der Waals surface area (Å²) in [5.74, 6) is 0.174. The SMILES string of the molecule is CC.CC.CC(=O)N1CCN(c2ccc3c(c2)CCC(=S)N3)CC1.